The van der Waals surface area contributed by atoms with E-state index in [4.69, 9.17) is 13.9 Å². The van der Waals surface area contributed by atoms with E-state index in [1.54, 1.807) is 14.2 Å². The maximum atomic E-state index is 6.23. The Hall–Kier alpha value is -1.00. The highest BCUT2D eigenvalue weighted by Gasteiger charge is 2.37. The summed E-state index contributed by atoms with van der Waals surface area (Å²) in [7, 11) is 1.56. The van der Waals surface area contributed by atoms with Crippen LogP contribution in [0.3, 0.4) is 0 Å². The van der Waals surface area contributed by atoms with Crippen molar-refractivity contribution in [2.24, 2.45) is 0 Å². The summed E-state index contributed by atoms with van der Waals surface area (Å²) in [6.07, 6.45) is 0. The van der Waals surface area contributed by atoms with Gasteiger partial charge in [0.2, 0.25) is 0 Å². The van der Waals surface area contributed by atoms with E-state index in [0.29, 0.717) is 6.61 Å². The van der Waals surface area contributed by atoms with E-state index in [1.807, 2.05) is 18.2 Å². The first-order chi connectivity index (χ1) is 8.73. The lowest BCUT2D eigenvalue weighted by atomic mass is 10.2. The van der Waals surface area contributed by atoms with Crippen molar-refractivity contribution >= 4 is 8.32 Å². The van der Waals surface area contributed by atoms with Gasteiger partial charge in [0, 0.05) is 5.56 Å². The van der Waals surface area contributed by atoms with Crippen LogP contribution in [-0.4, -0.2) is 22.5 Å². The fraction of sp³-hybridized carbons (Fsp3) is 0.600. The molecule has 0 aromatic heterocycles. The van der Waals surface area contributed by atoms with Crippen molar-refractivity contribution in [3.8, 4) is 11.5 Å². The van der Waals surface area contributed by atoms with Crippen LogP contribution in [0.5, 0.6) is 11.5 Å². The molecular weight excluding hydrogens is 256 g/mol. The van der Waals surface area contributed by atoms with Gasteiger partial charge in [0.25, 0.3) is 0 Å². The standard InChI is InChI=1S/C15H26O3Si/c1-15(2,3)19(6,7)18-11-12-9-8-10-13(16-4)14(12)17-5/h8-10H,11H2,1-7H3. The molecule has 0 fully saturated rings. The molecule has 1 rings (SSSR count). The maximum Gasteiger partial charge on any atom is 0.192 e. The third-order valence-electron chi connectivity index (χ3n) is 3.88. The average Bonchev–Trinajstić information content (AvgIpc) is 2.34. The topological polar surface area (TPSA) is 27.7 Å². The number of ether oxygens (including phenoxy) is 2. The molecule has 0 atom stereocenters. The van der Waals surface area contributed by atoms with Gasteiger partial charge in [-0.3, -0.25) is 0 Å². The molecule has 0 aliphatic carbocycles. The Morgan fingerprint density at radius 2 is 1.68 bits per heavy atom. The van der Waals surface area contributed by atoms with E-state index in [0.717, 1.165) is 17.1 Å². The van der Waals surface area contributed by atoms with Crippen molar-refractivity contribution in [3.63, 3.8) is 0 Å². The smallest absolute Gasteiger partial charge is 0.192 e. The zero-order chi connectivity index (χ0) is 14.7. The lowest BCUT2D eigenvalue weighted by Crippen LogP contribution is -2.40. The lowest BCUT2D eigenvalue weighted by Gasteiger charge is -2.36. The van der Waals surface area contributed by atoms with Gasteiger partial charge in [-0.05, 0) is 24.2 Å². The van der Waals surface area contributed by atoms with Crippen LogP contribution in [0, 0.1) is 0 Å². The second kappa shape index (κ2) is 5.97. The van der Waals surface area contributed by atoms with Crippen molar-refractivity contribution in [1.29, 1.82) is 0 Å². The van der Waals surface area contributed by atoms with Gasteiger partial charge in [-0.15, -0.1) is 0 Å². The van der Waals surface area contributed by atoms with Crippen molar-refractivity contribution in [1.82, 2.24) is 0 Å². The first kappa shape index (κ1) is 16.1. The molecule has 0 spiro atoms. The van der Waals surface area contributed by atoms with Crippen LogP contribution in [0.4, 0.5) is 0 Å². The molecule has 108 valence electrons. The predicted molar refractivity (Wildman–Crippen MR) is 81.5 cm³/mol. The van der Waals surface area contributed by atoms with Gasteiger partial charge in [-0.1, -0.05) is 32.9 Å². The van der Waals surface area contributed by atoms with Crippen molar-refractivity contribution in [2.45, 2.75) is 45.5 Å². The Morgan fingerprint density at radius 3 is 2.16 bits per heavy atom. The van der Waals surface area contributed by atoms with Crippen molar-refractivity contribution in [2.75, 3.05) is 14.2 Å². The predicted octanol–water partition coefficient (Wildman–Crippen LogP) is 4.23. The number of benzene rings is 1. The summed E-state index contributed by atoms with van der Waals surface area (Å²) in [4.78, 5) is 0. The molecule has 1 aromatic carbocycles. The Labute approximate surface area is 118 Å². The monoisotopic (exact) mass is 282 g/mol. The molecule has 3 nitrogen and oxygen atoms in total. The van der Waals surface area contributed by atoms with Crippen LogP contribution in [0.25, 0.3) is 0 Å². The molecular formula is C15H26O3Si. The van der Waals surface area contributed by atoms with Crippen LogP contribution in [0.1, 0.15) is 26.3 Å². The van der Waals surface area contributed by atoms with Crippen LogP contribution >= 0.6 is 0 Å². The molecule has 0 saturated carbocycles. The van der Waals surface area contributed by atoms with Gasteiger partial charge in [-0.2, -0.15) is 0 Å². The summed E-state index contributed by atoms with van der Waals surface area (Å²) in [5.74, 6) is 1.52. The molecule has 0 aliphatic rings. The van der Waals surface area contributed by atoms with Gasteiger partial charge >= 0.3 is 0 Å². The molecule has 0 radical (unpaired) electrons. The number of para-hydroxylation sites is 1. The SMILES string of the molecule is COc1cccc(CO[Si](C)(C)C(C)(C)C)c1OC. The highest BCUT2D eigenvalue weighted by Crippen LogP contribution is 2.38. The van der Waals surface area contributed by atoms with E-state index in [2.05, 4.69) is 33.9 Å². The van der Waals surface area contributed by atoms with Gasteiger partial charge in [0.15, 0.2) is 19.8 Å². The van der Waals surface area contributed by atoms with Crippen LogP contribution in [0.15, 0.2) is 18.2 Å². The zero-order valence-corrected chi connectivity index (χ0v) is 14.2. The molecule has 0 saturated heterocycles. The van der Waals surface area contributed by atoms with Gasteiger partial charge in [0.1, 0.15) is 0 Å². The number of hydrogen-bond acceptors (Lipinski definition) is 3. The number of hydrogen-bond donors (Lipinski definition) is 0. The second-order valence-electron chi connectivity index (χ2n) is 6.20. The second-order valence-corrected chi connectivity index (χ2v) is 11.0. The van der Waals surface area contributed by atoms with E-state index in [9.17, 15) is 0 Å². The lowest BCUT2D eigenvalue weighted by molar-refractivity contribution is 0.266. The minimum absolute atomic E-state index is 0.207. The van der Waals surface area contributed by atoms with Crippen molar-refractivity contribution in [3.05, 3.63) is 23.8 Å². The molecule has 0 aliphatic heterocycles. The average molecular weight is 282 g/mol. The van der Waals surface area contributed by atoms with E-state index in [1.165, 1.54) is 0 Å². The maximum absolute atomic E-state index is 6.23. The summed E-state index contributed by atoms with van der Waals surface area (Å²) >= 11 is 0. The van der Waals surface area contributed by atoms with E-state index in [-0.39, 0.29) is 5.04 Å². The minimum Gasteiger partial charge on any atom is -0.493 e. The Balaban J connectivity index is 2.90. The first-order valence-corrected chi connectivity index (χ1v) is 9.47. The van der Waals surface area contributed by atoms with Crippen molar-refractivity contribution < 1.29 is 13.9 Å². The summed E-state index contributed by atoms with van der Waals surface area (Å²) in [5, 5.41) is 0.207. The van der Waals surface area contributed by atoms with Crippen LogP contribution in [0.2, 0.25) is 18.1 Å². The normalized spacial score (nSPS) is 12.4. The zero-order valence-electron chi connectivity index (χ0n) is 13.2. The molecule has 4 heteroatoms. The first-order valence-electron chi connectivity index (χ1n) is 6.57. The third-order valence-corrected chi connectivity index (χ3v) is 8.36. The fourth-order valence-corrected chi connectivity index (χ4v) is 2.49. The molecule has 0 unspecified atom stereocenters. The highest BCUT2D eigenvalue weighted by atomic mass is 28.4. The summed E-state index contributed by atoms with van der Waals surface area (Å²) in [6.45, 7) is 11.8. The molecule has 0 heterocycles. The highest BCUT2D eigenvalue weighted by molar-refractivity contribution is 6.74. The summed E-state index contributed by atoms with van der Waals surface area (Å²) in [5.41, 5.74) is 1.03. The number of methoxy groups -OCH3 is 2. The van der Waals surface area contributed by atoms with E-state index >= 15 is 0 Å². The largest absolute Gasteiger partial charge is 0.493 e. The quantitative estimate of drug-likeness (QED) is 0.757. The number of rotatable bonds is 5. The molecule has 19 heavy (non-hydrogen) atoms. The molecule has 0 amide bonds. The van der Waals surface area contributed by atoms with Gasteiger partial charge in [0.05, 0.1) is 20.8 Å². The van der Waals surface area contributed by atoms with E-state index < -0.39 is 8.32 Å². The molecule has 1 aromatic rings. The Morgan fingerprint density at radius 1 is 1.05 bits per heavy atom. The van der Waals surface area contributed by atoms with Gasteiger partial charge in [-0.25, -0.2) is 0 Å². The summed E-state index contributed by atoms with van der Waals surface area (Å²) in [6, 6.07) is 5.88. The van der Waals surface area contributed by atoms with Crippen LogP contribution < -0.4 is 9.47 Å². The minimum atomic E-state index is -1.75. The van der Waals surface area contributed by atoms with Gasteiger partial charge < -0.3 is 13.9 Å². The third kappa shape index (κ3) is 3.73. The molecule has 0 N–H and O–H groups in total. The fourth-order valence-electron chi connectivity index (χ4n) is 1.54. The van der Waals surface area contributed by atoms with Crippen LogP contribution in [-0.2, 0) is 11.0 Å². The Kier molecular flexibility index (Phi) is 5.04. The Bertz CT molecular complexity index is 422. The summed E-state index contributed by atoms with van der Waals surface area (Å²) < 4.78 is 17.0. The molecule has 0 bridgehead atoms.